The van der Waals surface area contributed by atoms with Crippen LogP contribution in [0.5, 0.6) is 0 Å². The van der Waals surface area contributed by atoms with E-state index >= 15 is 0 Å². The molecule has 7 nitrogen and oxygen atoms in total. The number of hydrogen-bond donors (Lipinski definition) is 1. The van der Waals surface area contributed by atoms with Crippen LogP contribution >= 0.6 is 11.3 Å². The van der Waals surface area contributed by atoms with Gasteiger partial charge in [-0.1, -0.05) is 12.1 Å². The maximum atomic E-state index is 12.9. The molecule has 29 heavy (non-hydrogen) atoms. The molecule has 0 atom stereocenters. The molecule has 1 aromatic carbocycles. The quantitative estimate of drug-likeness (QED) is 0.780. The average Bonchev–Trinajstić information content (AvgIpc) is 3.05. The number of thiophene rings is 1. The number of piperazine rings is 1. The van der Waals surface area contributed by atoms with Crippen LogP contribution in [0, 0.1) is 13.8 Å². The van der Waals surface area contributed by atoms with Crippen molar-refractivity contribution in [2.45, 2.75) is 32.2 Å². The van der Waals surface area contributed by atoms with Crippen LogP contribution in [0.2, 0.25) is 0 Å². The van der Waals surface area contributed by atoms with E-state index in [1.54, 1.807) is 23.1 Å². The van der Waals surface area contributed by atoms with Gasteiger partial charge in [0.1, 0.15) is 0 Å². The van der Waals surface area contributed by atoms with Gasteiger partial charge in [-0.25, -0.2) is 8.42 Å². The highest BCUT2D eigenvalue weighted by molar-refractivity contribution is 7.89. The highest BCUT2D eigenvalue weighted by Crippen LogP contribution is 2.28. The molecule has 1 aliphatic heterocycles. The van der Waals surface area contributed by atoms with Crippen LogP contribution in [0.3, 0.4) is 0 Å². The number of sulfonamides is 1. The van der Waals surface area contributed by atoms with Gasteiger partial charge < -0.3 is 10.2 Å². The van der Waals surface area contributed by atoms with Gasteiger partial charge in [0.05, 0.1) is 4.90 Å². The van der Waals surface area contributed by atoms with Crippen LogP contribution in [0.1, 0.15) is 32.6 Å². The monoisotopic (exact) mass is 435 g/mol. The van der Waals surface area contributed by atoms with Crippen molar-refractivity contribution in [3.8, 4) is 0 Å². The van der Waals surface area contributed by atoms with E-state index in [0.29, 0.717) is 30.1 Å². The van der Waals surface area contributed by atoms with E-state index in [2.05, 4.69) is 5.32 Å². The molecule has 1 N–H and O–H groups in total. The largest absolute Gasteiger partial charge is 0.352 e. The Morgan fingerprint density at radius 1 is 1.07 bits per heavy atom. The fourth-order valence-electron chi connectivity index (χ4n) is 3.31. The lowest BCUT2D eigenvalue weighted by molar-refractivity contribution is -0.119. The first-order valence-corrected chi connectivity index (χ1v) is 11.6. The Balaban J connectivity index is 1.62. The van der Waals surface area contributed by atoms with Crippen molar-refractivity contribution in [3.63, 3.8) is 0 Å². The molecular weight excluding hydrogens is 410 g/mol. The van der Waals surface area contributed by atoms with Crippen LogP contribution in [0.25, 0.3) is 0 Å². The molecule has 1 aromatic heterocycles. The van der Waals surface area contributed by atoms with E-state index in [1.807, 2.05) is 26.0 Å². The molecule has 0 unspecified atom stereocenters. The van der Waals surface area contributed by atoms with Gasteiger partial charge in [-0.3, -0.25) is 9.59 Å². The van der Waals surface area contributed by atoms with Gasteiger partial charge in [0.2, 0.25) is 15.9 Å². The van der Waals surface area contributed by atoms with Crippen molar-refractivity contribution in [1.29, 1.82) is 0 Å². The van der Waals surface area contributed by atoms with Crippen molar-refractivity contribution in [2.75, 3.05) is 26.2 Å². The van der Waals surface area contributed by atoms with Gasteiger partial charge in [0.15, 0.2) is 0 Å². The third kappa shape index (κ3) is 4.85. The lowest BCUT2D eigenvalue weighted by Gasteiger charge is -2.34. The molecule has 2 heterocycles. The summed E-state index contributed by atoms with van der Waals surface area (Å²) in [5, 5.41) is 2.72. The second-order valence-electron chi connectivity index (χ2n) is 7.08. The molecule has 156 valence electrons. The number of rotatable bonds is 5. The first-order valence-electron chi connectivity index (χ1n) is 9.38. The van der Waals surface area contributed by atoms with Gasteiger partial charge in [-0.2, -0.15) is 4.31 Å². The summed E-state index contributed by atoms with van der Waals surface area (Å²) >= 11 is 1.48. The number of benzene rings is 1. The zero-order valence-corrected chi connectivity index (χ0v) is 18.4. The minimum absolute atomic E-state index is 0.106. The van der Waals surface area contributed by atoms with Crippen molar-refractivity contribution >= 4 is 33.2 Å². The molecule has 1 fully saturated rings. The van der Waals surface area contributed by atoms with Gasteiger partial charge >= 0.3 is 0 Å². The topological polar surface area (TPSA) is 86.8 Å². The van der Waals surface area contributed by atoms with Crippen molar-refractivity contribution < 1.29 is 18.0 Å². The molecule has 1 aliphatic rings. The highest BCUT2D eigenvalue weighted by Gasteiger charge is 2.32. The number of amides is 2. The summed E-state index contributed by atoms with van der Waals surface area (Å²) in [4.78, 5) is 27.6. The van der Waals surface area contributed by atoms with E-state index < -0.39 is 10.0 Å². The summed E-state index contributed by atoms with van der Waals surface area (Å²) in [6.45, 7) is 6.86. The fraction of sp³-hybridized carbons (Fsp3) is 0.400. The maximum Gasteiger partial charge on any atom is 0.253 e. The first-order chi connectivity index (χ1) is 13.7. The molecule has 9 heteroatoms. The Labute approximate surface area is 175 Å². The number of carbonyl (C=O) groups excluding carboxylic acids is 2. The van der Waals surface area contributed by atoms with Crippen LogP contribution in [0.4, 0.5) is 0 Å². The Hall–Kier alpha value is -2.23. The highest BCUT2D eigenvalue weighted by atomic mass is 32.2. The zero-order valence-electron chi connectivity index (χ0n) is 16.8. The van der Waals surface area contributed by atoms with Crippen LogP contribution in [-0.2, 0) is 21.4 Å². The molecule has 0 spiro atoms. The Bertz CT molecular complexity index is 1000. The Morgan fingerprint density at radius 2 is 1.69 bits per heavy atom. The molecule has 2 aromatic rings. The van der Waals surface area contributed by atoms with E-state index in [9.17, 15) is 18.0 Å². The molecule has 2 amide bonds. The molecular formula is C20H25N3O4S2. The van der Waals surface area contributed by atoms with Gasteiger partial charge in [-0.15, -0.1) is 11.3 Å². The zero-order chi connectivity index (χ0) is 21.2. The summed E-state index contributed by atoms with van der Waals surface area (Å²) in [6, 6.07) is 8.81. The van der Waals surface area contributed by atoms with E-state index in [1.165, 1.54) is 22.6 Å². The number of hydrogen-bond acceptors (Lipinski definition) is 5. The van der Waals surface area contributed by atoms with E-state index in [-0.39, 0.29) is 24.9 Å². The number of aryl methyl sites for hydroxylation is 2. The average molecular weight is 436 g/mol. The summed E-state index contributed by atoms with van der Waals surface area (Å²) < 4.78 is 27.3. The smallest absolute Gasteiger partial charge is 0.253 e. The Kier molecular flexibility index (Phi) is 6.40. The fourth-order valence-corrected chi connectivity index (χ4v) is 6.25. The summed E-state index contributed by atoms with van der Waals surface area (Å²) in [5.41, 5.74) is 1.46. The van der Waals surface area contributed by atoms with Gasteiger partial charge in [-0.05, 0) is 37.6 Å². The molecule has 0 bridgehead atoms. The lowest BCUT2D eigenvalue weighted by Crippen LogP contribution is -2.50. The van der Waals surface area contributed by atoms with E-state index in [0.717, 1.165) is 15.3 Å². The molecule has 0 saturated carbocycles. The molecule has 3 rings (SSSR count). The number of nitrogens with one attached hydrogen (secondary N) is 1. The van der Waals surface area contributed by atoms with E-state index in [4.69, 9.17) is 0 Å². The first kappa shape index (κ1) is 21.5. The summed E-state index contributed by atoms with van der Waals surface area (Å²) in [7, 11) is -3.53. The van der Waals surface area contributed by atoms with Gasteiger partial charge in [0.25, 0.3) is 5.91 Å². The normalized spacial score (nSPS) is 15.3. The molecule has 1 saturated heterocycles. The lowest BCUT2D eigenvalue weighted by atomic mass is 10.1. The van der Waals surface area contributed by atoms with Crippen LogP contribution in [-0.4, -0.2) is 55.6 Å². The Morgan fingerprint density at radius 3 is 2.21 bits per heavy atom. The predicted molar refractivity (Wildman–Crippen MR) is 112 cm³/mol. The van der Waals surface area contributed by atoms with Crippen LogP contribution in [0.15, 0.2) is 35.2 Å². The van der Waals surface area contributed by atoms with Gasteiger partial charge in [0, 0.05) is 55.0 Å². The minimum atomic E-state index is -3.53. The third-order valence-corrected chi connectivity index (χ3v) is 8.00. The summed E-state index contributed by atoms with van der Waals surface area (Å²) in [5.74, 6) is -0.221. The maximum absolute atomic E-state index is 12.9. The second-order valence-corrected chi connectivity index (χ2v) is 10.4. The minimum Gasteiger partial charge on any atom is -0.352 e. The second kappa shape index (κ2) is 8.64. The number of carbonyl (C=O) groups is 2. The SMILES string of the molecule is CC(=O)NCc1ccc(C(=O)N2CCN(S(=O)(=O)c3cc(C)sc3C)CC2)cc1. The van der Waals surface area contributed by atoms with Crippen LogP contribution < -0.4 is 5.32 Å². The summed E-state index contributed by atoms with van der Waals surface area (Å²) in [6.07, 6.45) is 0. The standard InChI is InChI=1S/C20H25N3O4S2/c1-14-12-19(15(2)28-14)29(26,27)23-10-8-22(9-11-23)20(25)18-6-4-17(5-7-18)13-21-16(3)24/h4-7,12H,8-11,13H2,1-3H3,(H,21,24). The number of nitrogens with zero attached hydrogens (tertiary/aromatic N) is 2. The third-order valence-electron chi connectivity index (χ3n) is 4.88. The predicted octanol–water partition coefficient (Wildman–Crippen LogP) is 2.15. The molecule has 0 aliphatic carbocycles. The van der Waals surface area contributed by atoms with Crippen molar-refractivity contribution in [3.05, 3.63) is 51.2 Å². The van der Waals surface area contributed by atoms with Crippen molar-refractivity contribution in [1.82, 2.24) is 14.5 Å². The molecule has 0 radical (unpaired) electrons. The van der Waals surface area contributed by atoms with Crippen molar-refractivity contribution in [2.24, 2.45) is 0 Å².